The van der Waals surface area contributed by atoms with Gasteiger partial charge in [0.05, 0.1) is 5.69 Å². The van der Waals surface area contributed by atoms with Gasteiger partial charge in [-0.15, -0.1) is 6.58 Å². The summed E-state index contributed by atoms with van der Waals surface area (Å²) in [5, 5.41) is 3.23. The summed E-state index contributed by atoms with van der Waals surface area (Å²) in [6, 6.07) is 3.99. The Balaban J connectivity index is 2.98. The van der Waals surface area contributed by atoms with Crippen molar-refractivity contribution in [2.24, 2.45) is 0 Å². The molecule has 1 aromatic rings. The molecule has 1 rings (SSSR count). The maximum atomic E-state index is 3.65. The molecule has 0 aliphatic carbocycles. The first-order valence-electron chi connectivity index (χ1n) is 3.64. The number of hydrogen-bond acceptors (Lipinski definition) is 1. The zero-order valence-electron chi connectivity index (χ0n) is 6.78. The molecule has 1 nitrogen and oxygen atoms in total. The van der Waals surface area contributed by atoms with Gasteiger partial charge in [0.1, 0.15) is 0 Å². The molecule has 0 heterocycles. The Bertz CT molecular complexity index is 300. The van der Waals surface area contributed by atoms with E-state index in [1.807, 2.05) is 18.2 Å². The van der Waals surface area contributed by atoms with Gasteiger partial charge in [-0.05, 0) is 44.0 Å². The van der Waals surface area contributed by atoms with Crippen LogP contribution in [0.5, 0.6) is 0 Å². The lowest BCUT2D eigenvalue weighted by atomic mass is 10.3. The highest BCUT2D eigenvalue weighted by atomic mass is 79.9. The molecular weight excluding hydrogens is 362 g/mol. The van der Waals surface area contributed by atoms with Crippen LogP contribution < -0.4 is 5.32 Å². The Morgan fingerprint density at radius 1 is 1.23 bits per heavy atom. The van der Waals surface area contributed by atoms with Gasteiger partial charge >= 0.3 is 0 Å². The fraction of sp³-hybridized carbons (Fsp3) is 0.111. The van der Waals surface area contributed by atoms with Gasteiger partial charge in [0, 0.05) is 20.0 Å². The summed E-state index contributed by atoms with van der Waals surface area (Å²) in [7, 11) is 0. The molecular formula is C9H8Br3N. The standard InChI is InChI=1S/C9H8Br3N/c1-2-3-13-9-7(11)4-6(10)5-8(9)12/h2,4-5,13H,1,3H2. The minimum atomic E-state index is 0.749. The summed E-state index contributed by atoms with van der Waals surface area (Å²) >= 11 is 10.3. The molecule has 0 saturated carbocycles. The monoisotopic (exact) mass is 367 g/mol. The average Bonchev–Trinajstić information content (AvgIpc) is 2.02. The molecule has 13 heavy (non-hydrogen) atoms. The van der Waals surface area contributed by atoms with E-state index in [9.17, 15) is 0 Å². The maximum Gasteiger partial charge on any atom is 0.0632 e. The van der Waals surface area contributed by atoms with E-state index in [4.69, 9.17) is 0 Å². The highest BCUT2D eigenvalue weighted by molar-refractivity contribution is 9.11. The van der Waals surface area contributed by atoms with Crippen molar-refractivity contribution in [1.29, 1.82) is 0 Å². The largest absolute Gasteiger partial charge is 0.380 e. The second-order valence-corrected chi connectivity index (χ2v) is 5.04. The SMILES string of the molecule is C=CCNc1c(Br)cc(Br)cc1Br. The molecule has 4 heteroatoms. The van der Waals surface area contributed by atoms with Crippen LogP contribution in [0.2, 0.25) is 0 Å². The molecule has 0 aromatic heterocycles. The molecule has 70 valence electrons. The third-order valence-corrected chi connectivity index (χ3v) is 3.14. The maximum absolute atomic E-state index is 3.65. The van der Waals surface area contributed by atoms with Crippen LogP contribution in [0.3, 0.4) is 0 Å². The topological polar surface area (TPSA) is 12.0 Å². The number of nitrogens with one attached hydrogen (secondary N) is 1. The highest BCUT2D eigenvalue weighted by Gasteiger charge is 2.04. The molecule has 0 aliphatic heterocycles. The lowest BCUT2D eigenvalue weighted by Gasteiger charge is -2.09. The van der Waals surface area contributed by atoms with Gasteiger partial charge < -0.3 is 5.32 Å². The summed E-state index contributed by atoms with van der Waals surface area (Å²) in [5.74, 6) is 0. The Labute approximate surface area is 103 Å². The van der Waals surface area contributed by atoms with Crippen molar-refractivity contribution in [2.45, 2.75) is 0 Å². The van der Waals surface area contributed by atoms with Crippen molar-refractivity contribution >= 4 is 53.5 Å². The fourth-order valence-electron chi connectivity index (χ4n) is 0.885. The molecule has 0 atom stereocenters. The van der Waals surface area contributed by atoms with Crippen LogP contribution in [0.15, 0.2) is 38.2 Å². The highest BCUT2D eigenvalue weighted by Crippen LogP contribution is 2.34. The first-order valence-corrected chi connectivity index (χ1v) is 6.02. The molecule has 0 fully saturated rings. The van der Waals surface area contributed by atoms with Crippen molar-refractivity contribution in [3.05, 3.63) is 38.2 Å². The van der Waals surface area contributed by atoms with E-state index in [1.165, 1.54) is 0 Å². The molecule has 0 spiro atoms. The van der Waals surface area contributed by atoms with E-state index in [0.717, 1.165) is 25.7 Å². The zero-order chi connectivity index (χ0) is 9.84. The lowest BCUT2D eigenvalue weighted by molar-refractivity contribution is 1.32. The first kappa shape index (κ1) is 11.3. The quantitative estimate of drug-likeness (QED) is 0.769. The third kappa shape index (κ3) is 3.11. The molecule has 0 unspecified atom stereocenters. The Morgan fingerprint density at radius 3 is 2.23 bits per heavy atom. The smallest absolute Gasteiger partial charge is 0.0632 e. The van der Waals surface area contributed by atoms with Gasteiger partial charge in [-0.3, -0.25) is 0 Å². The van der Waals surface area contributed by atoms with Crippen LogP contribution in [0.4, 0.5) is 5.69 Å². The molecule has 0 bridgehead atoms. The number of halogens is 3. The van der Waals surface area contributed by atoms with Crippen molar-refractivity contribution in [1.82, 2.24) is 0 Å². The summed E-state index contributed by atoms with van der Waals surface area (Å²) in [6.07, 6.45) is 1.82. The Morgan fingerprint density at radius 2 is 1.77 bits per heavy atom. The number of hydrogen-bond donors (Lipinski definition) is 1. The molecule has 1 aromatic carbocycles. The van der Waals surface area contributed by atoms with E-state index < -0.39 is 0 Å². The number of benzene rings is 1. The lowest BCUT2D eigenvalue weighted by Crippen LogP contribution is -1.99. The first-order chi connectivity index (χ1) is 6.15. The van der Waals surface area contributed by atoms with Crippen LogP contribution in [-0.2, 0) is 0 Å². The zero-order valence-corrected chi connectivity index (χ0v) is 11.5. The van der Waals surface area contributed by atoms with Gasteiger partial charge in [0.25, 0.3) is 0 Å². The minimum absolute atomic E-state index is 0.749. The van der Waals surface area contributed by atoms with E-state index in [1.54, 1.807) is 0 Å². The van der Waals surface area contributed by atoms with Crippen molar-refractivity contribution in [3.8, 4) is 0 Å². The Kier molecular flexibility index (Phi) is 4.49. The van der Waals surface area contributed by atoms with Crippen LogP contribution in [-0.4, -0.2) is 6.54 Å². The number of rotatable bonds is 3. The second-order valence-electron chi connectivity index (χ2n) is 2.41. The molecule has 1 N–H and O–H groups in total. The molecule has 0 amide bonds. The van der Waals surface area contributed by atoms with E-state index in [0.29, 0.717) is 0 Å². The molecule has 0 saturated heterocycles. The van der Waals surface area contributed by atoms with Gasteiger partial charge in [-0.25, -0.2) is 0 Å². The Hall–Kier alpha value is 0.200. The van der Waals surface area contributed by atoms with Gasteiger partial charge in [0.2, 0.25) is 0 Å². The summed E-state index contributed by atoms with van der Waals surface area (Å²) < 4.78 is 3.08. The number of anilines is 1. The minimum Gasteiger partial charge on any atom is -0.380 e. The van der Waals surface area contributed by atoms with Gasteiger partial charge in [0.15, 0.2) is 0 Å². The second kappa shape index (κ2) is 5.17. The van der Waals surface area contributed by atoms with Crippen LogP contribution in [0.1, 0.15) is 0 Å². The van der Waals surface area contributed by atoms with Crippen LogP contribution in [0.25, 0.3) is 0 Å². The predicted molar refractivity (Wildman–Crippen MR) is 68.2 cm³/mol. The average molecular weight is 370 g/mol. The summed E-state index contributed by atoms with van der Waals surface area (Å²) in [6.45, 7) is 4.40. The van der Waals surface area contributed by atoms with E-state index in [2.05, 4.69) is 59.7 Å². The normalized spacial score (nSPS) is 9.77. The van der Waals surface area contributed by atoms with Crippen LogP contribution >= 0.6 is 47.8 Å². The van der Waals surface area contributed by atoms with Crippen molar-refractivity contribution in [3.63, 3.8) is 0 Å². The van der Waals surface area contributed by atoms with E-state index >= 15 is 0 Å². The van der Waals surface area contributed by atoms with Crippen molar-refractivity contribution < 1.29 is 0 Å². The van der Waals surface area contributed by atoms with Crippen LogP contribution in [0, 0.1) is 0 Å². The molecule has 0 aliphatic rings. The predicted octanol–water partition coefficient (Wildman–Crippen LogP) is 4.57. The van der Waals surface area contributed by atoms with Gasteiger partial charge in [-0.2, -0.15) is 0 Å². The van der Waals surface area contributed by atoms with Crippen molar-refractivity contribution in [2.75, 3.05) is 11.9 Å². The summed E-state index contributed by atoms with van der Waals surface area (Å²) in [5.41, 5.74) is 1.04. The third-order valence-electron chi connectivity index (χ3n) is 1.43. The molecule has 0 radical (unpaired) electrons. The van der Waals surface area contributed by atoms with E-state index in [-0.39, 0.29) is 0 Å². The fourth-order valence-corrected chi connectivity index (χ4v) is 3.42. The summed E-state index contributed by atoms with van der Waals surface area (Å²) in [4.78, 5) is 0. The van der Waals surface area contributed by atoms with Gasteiger partial charge in [-0.1, -0.05) is 22.0 Å².